The Kier molecular flexibility index (Phi) is 7.88. The molecule has 3 rings (SSSR count). The Hall–Kier alpha value is -2.63. The van der Waals surface area contributed by atoms with Crippen LogP contribution >= 0.6 is 11.6 Å². The van der Waals surface area contributed by atoms with E-state index in [1.165, 1.54) is 4.90 Å². The van der Waals surface area contributed by atoms with Crippen LogP contribution in [0.4, 0.5) is 5.69 Å². The summed E-state index contributed by atoms with van der Waals surface area (Å²) in [6.07, 6.45) is 2.68. The van der Waals surface area contributed by atoms with E-state index in [1.54, 1.807) is 24.3 Å². The van der Waals surface area contributed by atoms with Crippen molar-refractivity contribution in [3.05, 3.63) is 69.9 Å². The molecule has 31 heavy (non-hydrogen) atoms. The summed E-state index contributed by atoms with van der Waals surface area (Å²) < 4.78 is 5.59. The van der Waals surface area contributed by atoms with Crippen LogP contribution in [-0.2, 0) is 14.3 Å². The van der Waals surface area contributed by atoms with Gasteiger partial charge in [-0.1, -0.05) is 49.2 Å². The average molecular weight is 441 g/mol. The van der Waals surface area contributed by atoms with E-state index < -0.39 is 0 Å². The van der Waals surface area contributed by atoms with Gasteiger partial charge in [0, 0.05) is 30.5 Å². The molecule has 1 aliphatic rings. The van der Waals surface area contributed by atoms with Crippen LogP contribution in [0.3, 0.4) is 0 Å². The van der Waals surface area contributed by atoms with Crippen LogP contribution < -0.4 is 5.32 Å². The normalized spacial score (nSPS) is 14.0. The maximum Gasteiger partial charge on any atom is 0.278 e. The quantitative estimate of drug-likeness (QED) is 0.399. The largest absolute Gasteiger partial charge is 0.381 e. The summed E-state index contributed by atoms with van der Waals surface area (Å²) in [7, 11) is 0. The number of nitrogens with one attached hydrogen (secondary N) is 1. The Morgan fingerprint density at radius 2 is 1.68 bits per heavy atom. The van der Waals surface area contributed by atoms with E-state index in [4.69, 9.17) is 16.3 Å². The van der Waals surface area contributed by atoms with Crippen LogP contribution in [-0.4, -0.2) is 36.5 Å². The topological polar surface area (TPSA) is 58.6 Å². The third kappa shape index (κ3) is 5.54. The molecule has 2 aromatic carbocycles. The zero-order valence-corrected chi connectivity index (χ0v) is 19.1. The fourth-order valence-electron chi connectivity index (χ4n) is 3.46. The van der Waals surface area contributed by atoms with Crippen molar-refractivity contribution in [1.29, 1.82) is 0 Å². The number of anilines is 1. The second-order valence-corrected chi connectivity index (χ2v) is 8.22. The highest BCUT2D eigenvalue weighted by molar-refractivity contribution is 6.37. The number of unbranched alkanes of at least 4 members (excludes halogenated alkanes) is 1. The van der Waals surface area contributed by atoms with Gasteiger partial charge in [0.2, 0.25) is 0 Å². The lowest BCUT2D eigenvalue weighted by Crippen LogP contribution is -2.34. The van der Waals surface area contributed by atoms with Crippen molar-refractivity contribution >= 4 is 34.7 Å². The molecule has 6 heteroatoms. The zero-order chi connectivity index (χ0) is 22.4. The number of imide groups is 1. The maximum absolute atomic E-state index is 13.3. The SMILES string of the molecule is CCCCOCCCN1C(=O)C(Nc2cc(C)ccc2C)=C(c2ccc(Cl)cc2)C1=O. The second-order valence-electron chi connectivity index (χ2n) is 7.78. The molecule has 0 aromatic heterocycles. The summed E-state index contributed by atoms with van der Waals surface area (Å²) in [4.78, 5) is 27.8. The van der Waals surface area contributed by atoms with Crippen molar-refractivity contribution in [3.8, 4) is 0 Å². The number of amides is 2. The van der Waals surface area contributed by atoms with Crippen molar-refractivity contribution in [1.82, 2.24) is 4.90 Å². The predicted molar refractivity (Wildman–Crippen MR) is 125 cm³/mol. The van der Waals surface area contributed by atoms with Gasteiger partial charge in [0.05, 0.1) is 5.57 Å². The number of nitrogens with zero attached hydrogens (tertiary/aromatic N) is 1. The summed E-state index contributed by atoms with van der Waals surface area (Å²) in [5, 5.41) is 3.82. The Morgan fingerprint density at radius 3 is 2.39 bits per heavy atom. The van der Waals surface area contributed by atoms with Gasteiger partial charge in [-0.25, -0.2) is 0 Å². The molecule has 2 amide bonds. The lowest BCUT2D eigenvalue weighted by atomic mass is 10.0. The van der Waals surface area contributed by atoms with E-state index in [0.29, 0.717) is 48.0 Å². The molecular formula is C25H29ClN2O3. The van der Waals surface area contributed by atoms with Crippen LogP contribution in [0.25, 0.3) is 5.57 Å². The number of halogens is 1. The van der Waals surface area contributed by atoms with E-state index in [9.17, 15) is 9.59 Å². The van der Waals surface area contributed by atoms with E-state index in [2.05, 4.69) is 12.2 Å². The van der Waals surface area contributed by atoms with Crippen LogP contribution in [0.5, 0.6) is 0 Å². The molecule has 0 radical (unpaired) electrons. The fourth-order valence-corrected chi connectivity index (χ4v) is 3.58. The Labute approximate surface area is 189 Å². The highest BCUT2D eigenvalue weighted by Gasteiger charge is 2.39. The van der Waals surface area contributed by atoms with Crippen LogP contribution in [0, 0.1) is 13.8 Å². The molecule has 1 aliphatic heterocycles. The third-order valence-electron chi connectivity index (χ3n) is 5.27. The highest BCUT2D eigenvalue weighted by atomic mass is 35.5. The molecule has 2 aromatic rings. The van der Waals surface area contributed by atoms with E-state index in [-0.39, 0.29) is 11.8 Å². The maximum atomic E-state index is 13.3. The lowest BCUT2D eigenvalue weighted by Gasteiger charge is -2.16. The average Bonchev–Trinajstić information content (AvgIpc) is 2.98. The molecule has 1 heterocycles. The van der Waals surface area contributed by atoms with Gasteiger partial charge in [-0.05, 0) is 61.6 Å². The Morgan fingerprint density at radius 1 is 0.968 bits per heavy atom. The first-order chi connectivity index (χ1) is 14.9. The van der Waals surface area contributed by atoms with Crippen molar-refractivity contribution in [2.75, 3.05) is 25.1 Å². The number of hydrogen-bond donors (Lipinski definition) is 1. The molecule has 0 bridgehead atoms. The Balaban J connectivity index is 1.86. The second kappa shape index (κ2) is 10.6. The molecule has 0 spiro atoms. The van der Waals surface area contributed by atoms with Crippen molar-refractivity contribution < 1.29 is 14.3 Å². The minimum Gasteiger partial charge on any atom is -0.381 e. The molecule has 0 unspecified atom stereocenters. The molecule has 0 atom stereocenters. The van der Waals surface area contributed by atoms with E-state index in [1.807, 2.05) is 32.0 Å². The number of benzene rings is 2. The van der Waals surface area contributed by atoms with Gasteiger partial charge < -0.3 is 10.1 Å². The van der Waals surface area contributed by atoms with Gasteiger partial charge in [-0.2, -0.15) is 0 Å². The van der Waals surface area contributed by atoms with Gasteiger partial charge in [0.25, 0.3) is 11.8 Å². The monoisotopic (exact) mass is 440 g/mol. The first kappa shape index (κ1) is 23.0. The molecule has 0 fully saturated rings. The lowest BCUT2D eigenvalue weighted by molar-refractivity contribution is -0.137. The summed E-state index contributed by atoms with van der Waals surface area (Å²) in [5.74, 6) is -0.613. The molecule has 0 saturated heterocycles. The van der Waals surface area contributed by atoms with Crippen LogP contribution in [0.15, 0.2) is 48.2 Å². The summed E-state index contributed by atoms with van der Waals surface area (Å²) >= 11 is 6.03. The minimum absolute atomic E-state index is 0.298. The highest BCUT2D eigenvalue weighted by Crippen LogP contribution is 2.32. The molecule has 164 valence electrons. The predicted octanol–water partition coefficient (Wildman–Crippen LogP) is 5.36. The van der Waals surface area contributed by atoms with Gasteiger partial charge in [0.15, 0.2) is 0 Å². The summed E-state index contributed by atoms with van der Waals surface area (Å²) in [6, 6.07) is 13.0. The molecule has 0 saturated carbocycles. The third-order valence-corrected chi connectivity index (χ3v) is 5.52. The summed E-state index contributed by atoms with van der Waals surface area (Å²) in [5.41, 5.74) is 4.21. The van der Waals surface area contributed by atoms with Crippen molar-refractivity contribution in [2.24, 2.45) is 0 Å². The zero-order valence-electron chi connectivity index (χ0n) is 18.3. The van der Waals surface area contributed by atoms with Gasteiger partial charge >= 0.3 is 0 Å². The Bertz CT molecular complexity index is 983. The fraction of sp³-hybridized carbons (Fsp3) is 0.360. The molecule has 5 nitrogen and oxygen atoms in total. The van der Waals surface area contributed by atoms with Crippen LogP contribution in [0.2, 0.25) is 5.02 Å². The van der Waals surface area contributed by atoms with Crippen molar-refractivity contribution in [2.45, 2.75) is 40.0 Å². The molecule has 1 N–H and O–H groups in total. The first-order valence-electron chi connectivity index (χ1n) is 10.7. The summed E-state index contributed by atoms with van der Waals surface area (Å²) in [6.45, 7) is 7.61. The van der Waals surface area contributed by atoms with E-state index in [0.717, 1.165) is 29.7 Å². The molecule has 0 aliphatic carbocycles. The smallest absolute Gasteiger partial charge is 0.278 e. The number of rotatable bonds is 10. The number of hydrogen-bond acceptors (Lipinski definition) is 4. The van der Waals surface area contributed by atoms with Gasteiger partial charge in [0.1, 0.15) is 5.70 Å². The van der Waals surface area contributed by atoms with Gasteiger partial charge in [-0.3, -0.25) is 14.5 Å². The standard InChI is InChI=1S/C25H29ClN2O3/c1-4-5-14-31-15-6-13-28-24(29)22(19-9-11-20(26)12-10-19)23(25(28)30)27-21-16-17(2)7-8-18(21)3/h7-12,16,27H,4-6,13-15H2,1-3H3. The molecular weight excluding hydrogens is 412 g/mol. The minimum atomic E-state index is -0.315. The number of aryl methyl sites for hydroxylation is 2. The van der Waals surface area contributed by atoms with Gasteiger partial charge in [-0.15, -0.1) is 0 Å². The van der Waals surface area contributed by atoms with Crippen LogP contribution in [0.1, 0.15) is 42.9 Å². The van der Waals surface area contributed by atoms with E-state index >= 15 is 0 Å². The number of carbonyl (C=O) groups excluding carboxylic acids is 2. The number of ether oxygens (including phenoxy) is 1. The van der Waals surface area contributed by atoms with Crippen molar-refractivity contribution in [3.63, 3.8) is 0 Å². The number of carbonyl (C=O) groups is 2. The first-order valence-corrected chi connectivity index (χ1v) is 11.1.